The Morgan fingerprint density at radius 1 is 1.27 bits per heavy atom. The quantitative estimate of drug-likeness (QED) is 0.368. The summed E-state index contributed by atoms with van der Waals surface area (Å²) in [4.78, 5) is 4.29. The molecule has 6 nitrogen and oxygen atoms in total. The summed E-state index contributed by atoms with van der Waals surface area (Å²) in [5.41, 5.74) is 8.98. The Morgan fingerprint density at radius 3 is 2.31 bits per heavy atom. The number of nitrogens with two attached hydrogens (primary N) is 1. The van der Waals surface area contributed by atoms with Crippen LogP contribution in [-0.4, -0.2) is 44.1 Å². The van der Waals surface area contributed by atoms with Gasteiger partial charge in [0.05, 0.1) is 0 Å². The molecule has 1 aliphatic rings. The number of piperidine rings is 1. The summed E-state index contributed by atoms with van der Waals surface area (Å²) in [6.07, 6.45) is 0.985. The number of alkyl halides is 2. The van der Waals surface area contributed by atoms with Gasteiger partial charge in [-0.05, 0) is 55.9 Å². The number of nitrogens with one attached hydrogen (secondary N) is 1. The number of rotatable bonds is 5. The van der Waals surface area contributed by atoms with E-state index in [0.29, 0.717) is 19.4 Å². The number of sulfonamides is 1. The summed E-state index contributed by atoms with van der Waals surface area (Å²) in [5.74, 6) is -2.95. The summed E-state index contributed by atoms with van der Waals surface area (Å²) in [6, 6.07) is 5.98. The molecule has 1 heterocycles. The van der Waals surface area contributed by atoms with Crippen LogP contribution in [0, 0.1) is 19.8 Å². The van der Waals surface area contributed by atoms with Gasteiger partial charge in [-0.3, -0.25) is 4.99 Å². The van der Waals surface area contributed by atoms with Gasteiger partial charge in [-0.25, -0.2) is 8.42 Å². The van der Waals surface area contributed by atoms with E-state index in [1.54, 1.807) is 0 Å². The fourth-order valence-corrected chi connectivity index (χ4v) is 3.87. The van der Waals surface area contributed by atoms with Crippen LogP contribution >= 0.6 is 24.0 Å². The number of halogens is 3. The topological polar surface area (TPSA) is 87.8 Å². The van der Waals surface area contributed by atoms with E-state index in [9.17, 15) is 17.2 Å². The predicted octanol–water partition coefficient (Wildman–Crippen LogP) is 2.91. The van der Waals surface area contributed by atoms with Gasteiger partial charge in [-0.15, -0.1) is 24.0 Å². The molecule has 1 aromatic rings. The molecule has 1 aromatic carbocycles. The van der Waals surface area contributed by atoms with Gasteiger partial charge in [-0.1, -0.05) is 6.07 Å². The minimum Gasteiger partial charge on any atom is -0.370 e. The van der Waals surface area contributed by atoms with Crippen LogP contribution in [0.4, 0.5) is 14.5 Å². The first-order valence-electron chi connectivity index (χ1n) is 8.11. The lowest BCUT2D eigenvalue weighted by Crippen LogP contribution is -2.41. The second-order valence-electron chi connectivity index (χ2n) is 6.38. The molecule has 3 N–H and O–H groups in total. The Labute approximate surface area is 170 Å². The van der Waals surface area contributed by atoms with E-state index in [0.717, 1.165) is 21.1 Å². The van der Waals surface area contributed by atoms with Crippen molar-refractivity contribution in [2.45, 2.75) is 32.4 Å². The number of hydrogen-bond acceptors (Lipinski definition) is 3. The SMILES string of the molecule is Cc1cc(C)cc(NC(N)=NCC2CCN(S(=O)(=O)C(F)F)CC2)c1.I. The Balaban J connectivity index is 0.00000338. The van der Waals surface area contributed by atoms with Crippen molar-refractivity contribution in [2.24, 2.45) is 16.6 Å². The fourth-order valence-electron chi connectivity index (χ4n) is 2.92. The molecular weight excluding hydrogens is 477 g/mol. The number of aryl methyl sites for hydroxylation is 2. The van der Waals surface area contributed by atoms with Crippen molar-refractivity contribution in [3.8, 4) is 0 Å². The molecule has 0 atom stereocenters. The molecule has 10 heteroatoms. The fraction of sp³-hybridized carbons (Fsp3) is 0.562. The maximum Gasteiger partial charge on any atom is 0.350 e. The molecule has 148 valence electrons. The van der Waals surface area contributed by atoms with Crippen LogP contribution in [0.2, 0.25) is 0 Å². The van der Waals surface area contributed by atoms with Gasteiger partial charge < -0.3 is 11.1 Å². The highest BCUT2D eigenvalue weighted by Gasteiger charge is 2.34. The summed E-state index contributed by atoms with van der Waals surface area (Å²) < 4.78 is 48.8. The molecule has 26 heavy (non-hydrogen) atoms. The van der Waals surface area contributed by atoms with Crippen molar-refractivity contribution in [2.75, 3.05) is 25.0 Å². The van der Waals surface area contributed by atoms with Gasteiger partial charge >= 0.3 is 5.76 Å². The van der Waals surface area contributed by atoms with E-state index >= 15 is 0 Å². The standard InChI is InChI=1S/C16H24F2N4O2S.HI/c1-11-7-12(2)9-14(8-11)21-16(19)20-10-13-3-5-22(6-4-13)25(23,24)15(17)18;/h7-9,13,15H,3-6,10H2,1-2H3,(H3,19,20,21);1H. The van der Waals surface area contributed by atoms with Crippen molar-refractivity contribution in [3.05, 3.63) is 29.3 Å². The second-order valence-corrected chi connectivity index (χ2v) is 8.28. The third-order valence-electron chi connectivity index (χ3n) is 4.17. The van der Waals surface area contributed by atoms with Crippen LogP contribution in [0.1, 0.15) is 24.0 Å². The van der Waals surface area contributed by atoms with Crippen molar-refractivity contribution < 1.29 is 17.2 Å². The molecule has 2 rings (SSSR count). The molecule has 0 aliphatic carbocycles. The van der Waals surface area contributed by atoms with Crippen LogP contribution in [0.15, 0.2) is 23.2 Å². The van der Waals surface area contributed by atoms with Crippen LogP contribution in [0.5, 0.6) is 0 Å². The zero-order valence-corrected chi connectivity index (χ0v) is 17.9. The van der Waals surface area contributed by atoms with Crippen molar-refractivity contribution in [3.63, 3.8) is 0 Å². The molecule has 1 aliphatic heterocycles. The number of aliphatic imine (C=N–C) groups is 1. The smallest absolute Gasteiger partial charge is 0.350 e. The van der Waals surface area contributed by atoms with Crippen LogP contribution in [0.25, 0.3) is 0 Å². The van der Waals surface area contributed by atoms with Crippen LogP contribution in [-0.2, 0) is 10.0 Å². The van der Waals surface area contributed by atoms with Crippen molar-refractivity contribution in [1.29, 1.82) is 0 Å². The molecule has 0 saturated carbocycles. The Kier molecular flexibility index (Phi) is 8.67. The Bertz CT molecular complexity index is 716. The number of guanidine groups is 1. The van der Waals surface area contributed by atoms with Gasteiger partial charge in [0.25, 0.3) is 10.0 Å². The molecule has 1 fully saturated rings. The third-order valence-corrected chi connectivity index (χ3v) is 5.71. The van der Waals surface area contributed by atoms with Gasteiger partial charge in [-0.2, -0.15) is 13.1 Å². The highest BCUT2D eigenvalue weighted by molar-refractivity contribution is 14.0. The number of nitrogens with zero attached hydrogens (tertiary/aromatic N) is 2. The Hall–Kier alpha value is -1.01. The first-order valence-corrected chi connectivity index (χ1v) is 9.61. The summed E-state index contributed by atoms with van der Waals surface area (Å²) in [7, 11) is -4.48. The number of benzene rings is 1. The van der Waals surface area contributed by atoms with Crippen LogP contribution < -0.4 is 11.1 Å². The summed E-state index contributed by atoms with van der Waals surface area (Å²) in [6.45, 7) is 4.61. The molecule has 0 spiro atoms. The molecule has 0 aromatic heterocycles. The lowest BCUT2D eigenvalue weighted by molar-refractivity contribution is 0.205. The average Bonchev–Trinajstić information content (AvgIpc) is 2.52. The minimum absolute atomic E-state index is 0. The normalized spacial score (nSPS) is 17.2. The van der Waals surface area contributed by atoms with E-state index < -0.39 is 15.8 Å². The van der Waals surface area contributed by atoms with Gasteiger partial charge in [0.15, 0.2) is 5.96 Å². The van der Waals surface area contributed by atoms with E-state index in [-0.39, 0.29) is 48.9 Å². The molecule has 0 amide bonds. The Morgan fingerprint density at radius 2 is 1.81 bits per heavy atom. The van der Waals surface area contributed by atoms with Gasteiger partial charge in [0, 0.05) is 25.3 Å². The maximum absolute atomic E-state index is 12.5. The first-order chi connectivity index (χ1) is 11.7. The lowest BCUT2D eigenvalue weighted by Gasteiger charge is -2.30. The molecule has 0 radical (unpaired) electrons. The molecule has 0 unspecified atom stereocenters. The molecular formula is C16H25F2IN4O2S. The van der Waals surface area contributed by atoms with E-state index in [1.165, 1.54) is 0 Å². The predicted molar refractivity (Wildman–Crippen MR) is 111 cm³/mol. The lowest BCUT2D eigenvalue weighted by atomic mass is 9.98. The monoisotopic (exact) mass is 502 g/mol. The van der Waals surface area contributed by atoms with Crippen LogP contribution in [0.3, 0.4) is 0 Å². The zero-order chi connectivity index (χ0) is 18.6. The maximum atomic E-state index is 12.5. The van der Waals surface area contributed by atoms with Gasteiger partial charge in [0.2, 0.25) is 0 Å². The van der Waals surface area contributed by atoms with Crippen molar-refractivity contribution >= 4 is 45.6 Å². The second kappa shape index (κ2) is 9.79. The zero-order valence-electron chi connectivity index (χ0n) is 14.8. The average molecular weight is 502 g/mol. The number of anilines is 1. The summed E-state index contributed by atoms with van der Waals surface area (Å²) in [5, 5.41) is 3.03. The highest BCUT2D eigenvalue weighted by atomic mass is 127. The van der Waals surface area contributed by atoms with Gasteiger partial charge in [0.1, 0.15) is 0 Å². The van der Waals surface area contributed by atoms with Crippen molar-refractivity contribution in [1.82, 2.24) is 4.31 Å². The molecule has 0 bridgehead atoms. The van der Waals surface area contributed by atoms with E-state index in [2.05, 4.69) is 16.4 Å². The van der Waals surface area contributed by atoms with E-state index in [1.807, 2.05) is 26.0 Å². The molecule has 1 saturated heterocycles. The van der Waals surface area contributed by atoms with E-state index in [4.69, 9.17) is 5.73 Å². The first kappa shape index (κ1) is 23.0. The largest absolute Gasteiger partial charge is 0.370 e. The highest BCUT2D eigenvalue weighted by Crippen LogP contribution is 2.22. The third kappa shape index (κ3) is 6.31. The minimum atomic E-state index is -4.48. The summed E-state index contributed by atoms with van der Waals surface area (Å²) >= 11 is 0. The number of hydrogen-bond donors (Lipinski definition) is 2.